The van der Waals surface area contributed by atoms with Gasteiger partial charge in [0.05, 0.1) is 7.11 Å². The highest BCUT2D eigenvalue weighted by Gasteiger charge is 2.14. The summed E-state index contributed by atoms with van der Waals surface area (Å²) in [5.74, 6) is 1.49. The normalized spacial score (nSPS) is 10.2. The fourth-order valence-corrected chi connectivity index (χ4v) is 2.11. The van der Waals surface area contributed by atoms with Gasteiger partial charge >= 0.3 is 0 Å². The number of halogens is 1. The number of rotatable bonds is 2. The standard InChI is InChI=1S/C13H12ClN3O/c1-8-6-9(4-5-11(8)18-3)13-16-12(14)10(7-15)17(13)2/h4-6H,1-3H3. The topological polar surface area (TPSA) is 50.8 Å². The fourth-order valence-electron chi connectivity index (χ4n) is 1.86. The summed E-state index contributed by atoms with van der Waals surface area (Å²) in [4.78, 5) is 4.21. The van der Waals surface area contributed by atoms with Gasteiger partial charge in [0.25, 0.3) is 0 Å². The lowest BCUT2D eigenvalue weighted by molar-refractivity contribution is 0.412. The highest BCUT2D eigenvalue weighted by atomic mass is 35.5. The number of methoxy groups -OCH3 is 1. The van der Waals surface area contributed by atoms with Gasteiger partial charge in [0, 0.05) is 12.6 Å². The molecule has 0 saturated heterocycles. The quantitative estimate of drug-likeness (QED) is 0.835. The van der Waals surface area contributed by atoms with Crippen molar-refractivity contribution < 1.29 is 4.74 Å². The maximum atomic E-state index is 8.98. The number of hydrogen-bond donors (Lipinski definition) is 0. The summed E-state index contributed by atoms with van der Waals surface area (Å²) in [6.45, 7) is 1.96. The zero-order valence-electron chi connectivity index (χ0n) is 10.4. The molecule has 0 bridgehead atoms. The molecule has 2 aromatic rings. The van der Waals surface area contributed by atoms with E-state index in [4.69, 9.17) is 21.6 Å². The van der Waals surface area contributed by atoms with Gasteiger partial charge in [0.2, 0.25) is 0 Å². The second kappa shape index (κ2) is 4.71. The van der Waals surface area contributed by atoms with Gasteiger partial charge in [0.1, 0.15) is 17.6 Å². The maximum absolute atomic E-state index is 8.98. The first-order chi connectivity index (χ1) is 8.58. The van der Waals surface area contributed by atoms with Crippen molar-refractivity contribution in [2.24, 2.45) is 7.05 Å². The van der Waals surface area contributed by atoms with E-state index >= 15 is 0 Å². The highest BCUT2D eigenvalue weighted by Crippen LogP contribution is 2.27. The van der Waals surface area contributed by atoms with Crippen LogP contribution in [0, 0.1) is 18.3 Å². The van der Waals surface area contributed by atoms with Crippen molar-refractivity contribution in [2.45, 2.75) is 6.92 Å². The van der Waals surface area contributed by atoms with Crippen LogP contribution in [0.1, 0.15) is 11.3 Å². The van der Waals surface area contributed by atoms with Crippen LogP contribution in [-0.4, -0.2) is 16.7 Å². The van der Waals surface area contributed by atoms with Gasteiger partial charge < -0.3 is 9.30 Å². The van der Waals surface area contributed by atoms with E-state index in [9.17, 15) is 0 Å². The predicted octanol–water partition coefficient (Wildman–Crippen LogP) is 2.93. The first-order valence-corrected chi connectivity index (χ1v) is 5.73. The summed E-state index contributed by atoms with van der Waals surface area (Å²) in [6.07, 6.45) is 0. The maximum Gasteiger partial charge on any atom is 0.166 e. The van der Waals surface area contributed by atoms with E-state index in [0.29, 0.717) is 11.5 Å². The Hall–Kier alpha value is -1.99. The molecule has 0 amide bonds. The number of imidazole rings is 1. The Bertz CT molecular complexity index is 640. The molecule has 0 atom stereocenters. The van der Waals surface area contributed by atoms with Crippen molar-refractivity contribution >= 4 is 11.6 Å². The molecule has 18 heavy (non-hydrogen) atoms. The fraction of sp³-hybridized carbons (Fsp3) is 0.231. The molecule has 0 fully saturated rings. The number of aryl methyl sites for hydroxylation is 1. The van der Waals surface area contributed by atoms with E-state index in [0.717, 1.165) is 16.9 Å². The van der Waals surface area contributed by atoms with Gasteiger partial charge in [-0.15, -0.1) is 0 Å². The van der Waals surface area contributed by atoms with Crippen LogP contribution in [0.25, 0.3) is 11.4 Å². The molecule has 5 heteroatoms. The Morgan fingerprint density at radius 3 is 2.67 bits per heavy atom. The molecule has 0 N–H and O–H groups in total. The molecule has 1 aromatic carbocycles. The SMILES string of the molecule is COc1ccc(-c2nc(Cl)c(C#N)n2C)cc1C. The lowest BCUT2D eigenvalue weighted by Gasteiger charge is -2.07. The summed E-state index contributed by atoms with van der Waals surface area (Å²) < 4.78 is 6.89. The average molecular weight is 262 g/mol. The molecule has 0 aliphatic rings. The lowest BCUT2D eigenvalue weighted by Crippen LogP contribution is -1.96. The van der Waals surface area contributed by atoms with E-state index in [1.807, 2.05) is 31.2 Å². The van der Waals surface area contributed by atoms with Crippen LogP contribution in [0.5, 0.6) is 5.75 Å². The average Bonchev–Trinajstić information content (AvgIpc) is 2.64. The molecule has 0 spiro atoms. The van der Waals surface area contributed by atoms with Crippen LogP contribution in [0.3, 0.4) is 0 Å². The third-order valence-electron chi connectivity index (χ3n) is 2.81. The Morgan fingerprint density at radius 2 is 2.17 bits per heavy atom. The van der Waals surface area contributed by atoms with Gasteiger partial charge in [-0.25, -0.2) is 4.98 Å². The number of aromatic nitrogens is 2. The molecule has 0 saturated carbocycles. The largest absolute Gasteiger partial charge is 0.496 e. The summed E-state index contributed by atoms with van der Waals surface area (Å²) in [7, 11) is 3.40. The second-order valence-electron chi connectivity index (χ2n) is 3.93. The van der Waals surface area contributed by atoms with Crippen molar-refractivity contribution in [3.05, 3.63) is 34.6 Å². The smallest absolute Gasteiger partial charge is 0.166 e. The van der Waals surface area contributed by atoms with Crippen LogP contribution in [0.2, 0.25) is 5.15 Å². The first kappa shape index (κ1) is 12.5. The zero-order valence-corrected chi connectivity index (χ0v) is 11.1. The molecular weight excluding hydrogens is 250 g/mol. The van der Waals surface area contributed by atoms with Crippen molar-refractivity contribution in [2.75, 3.05) is 7.11 Å². The van der Waals surface area contributed by atoms with Gasteiger partial charge in [-0.1, -0.05) is 11.6 Å². The van der Waals surface area contributed by atoms with Crippen LogP contribution >= 0.6 is 11.6 Å². The molecular formula is C13H12ClN3O. The Morgan fingerprint density at radius 1 is 1.44 bits per heavy atom. The van der Waals surface area contributed by atoms with Gasteiger partial charge in [-0.3, -0.25) is 0 Å². The van der Waals surface area contributed by atoms with E-state index < -0.39 is 0 Å². The summed E-state index contributed by atoms with van der Waals surface area (Å²) in [5, 5.41) is 9.21. The summed E-state index contributed by atoms with van der Waals surface area (Å²) >= 11 is 5.92. The number of ether oxygens (including phenoxy) is 1. The zero-order chi connectivity index (χ0) is 13.3. The van der Waals surface area contributed by atoms with Crippen LogP contribution < -0.4 is 4.74 Å². The monoisotopic (exact) mass is 261 g/mol. The van der Waals surface area contributed by atoms with Gasteiger partial charge in [0.15, 0.2) is 10.8 Å². The summed E-state index contributed by atoms with van der Waals surface area (Å²) in [5.41, 5.74) is 2.27. The predicted molar refractivity (Wildman–Crippen MR) is 69.7 cm³/mol. The molecule has 0 unspecified atom stereocenters. The highest BCUT2D eigenvalue weighted by molar-refractivity contribution is 6.30. The van der Waals surface area contributed by atoms with Crippen LogP contribution in [0.4, 0.5) is 0 Å². The lowest BCUT2D eigenvalue weighted by atomic mass is 10.1. The minimum atomic E-state index is 0.225. The molecule has 4 nitrogen and oxygen atoms in total. The second-order valence-corrected chi connectivity index (χ2v) is 4.29. The third-order valence-corrected chi connectivity index (χ3v) is 3.08. The van der Waals surface area contributed by atoms with Crippen molar-refractivity contribution in [1.29, 1.82) is 5.26 Å². The Labute approximate surface area is 110 Å². The minimum absolute atomic E-state index is 0.225. The Balaban J connectivity index is 2.57. The van der Waals surface area contributed by atoms with E-state index in [2.05, 4.69) is 4.98 Å². The van der Waals surface area contributed by atoms with Crippen LogP contribution in [0.15, 0.2) is 18.2 Å². The van der Waals surface area contributed by atoms with Crippen molar-refractivity contribution in [3.63, 3.8) is 0 Å². The Kier molecular flexibility index (Phi) is 3.26. The molecule has 0 aliphatic carbocycles. The van der Waals surface area contributed by atoms with E-state index in [-0.39, 0.29) is 5.15 Å². The summed E-state index contributed by atoms with van der Waals surface area (Å²) in [6, 6.07) is 7.76. The van der Waals surface area contributed by atoms with Gasteiger partial charge in [-0.05, 0) is 30.7 Å². The van der Waals surface area contributed by atoms with E-state index in [1.165, 1.54) is 0 Å². The molecule has 92 valence electrons. The molecule has 0 aliphatic heterocycles. The van der Waals surface area contributed by atoms with Gasteiger partial charge in [-0.2, -0.15) is 5.26 Å². The molecule has 2 rings (SSSR count). The van der Waals surface area contributed by atoms with Crippen molar-refractivity contribution in [3.8, 4) is 23.2 Å². The minimum Gasteiger partial charge on any atom is -0.496 e. The number of hydrogen-bond acceptors (Lipinski definition) is 3. The number of benzene rings is 1. The van der Waals surface area contributed by atoms with Crippen molar-refractivity contribution in [1.82, 2.24) is 9.55 Å². The number of nitrogens with zero attached hydrogens (tertiary/aromatic N) is 3. The van der Waals surface area contributed by atoms with Crippen LogP contribution in [-0.2, 0) is 7.05 Å². The molecule has 0 radical (unpaired) electrons. The van der Waals surface area contributed by atoms with E-state index in [1.54, 1.807) is 18.7 Å². The number of nitriles is 1. The molecule has 1 heterocycles. The third kappa shape index (κ3) is 1.93. The molecule has 1 aromatic heterocycles. The first-order valence-electron chi connectivity index (χ1n) is 5.35.